The van der Waals surface area contributed by atoms with Crippen LogP contribution in [0, 0.1) is 0 Å². The van der Waals surface area contributed by atoms with Gasteiger partial charge in [0.1, 0.15) is 0 Å². The Labute approximate surface area is 144 Å². The number of aromatic nitrogens is 2. The van der Waals surface area contributed by atoms with Crippen LogP contribution in [0.25, 0.3) is 11.0 Å². The molecule has 1 aromatic heterocycles. The van der Waals surface area contributed by atoms with Gasteiger partial charge in [0, 0.05) is 24.3 Å². The van der Waals surface area contributed by atoms with Gasteiger partial charge < -0.3 is 14.5 Å². The standard InChI is InChI=1S/C19H19N3O3/c1-3-21(14-8-6-5-7-9-14)18(24)13-10-11-16-15(12-13)20-17(23)19(25)22(16)4-2/h5-12H,3-4H2,1-2H3,(H,20,23). The van der Waals surface area contributed by atoms with Crippen LogP contribution in [0.1, 0.15) is 24.2 Å². The zero-order valence-corrected chi connectivity index (χ0v) is 14.2. The number of aromatic amines is 1. The number of hydrogen-bond donors (Lipinski definition) is 1. The monoisotopic (exact) mass is 337 g/mol. The summed E-state index contributed by atoms with van der Waals surface area (Å²) in [6.07, 6.45) is 0. The van der Waals surface area contributed by atoms with Crippen LogP contribution < -0.4 is 16.0 Å². The summed E-state index contributed by atoms with van der Waals surface area (Å²) in [5.41, 5.74) is 1.06. The van der Waals surface area contributed by atoms with E-state index >= 15 is 0 Å². The fraction of sp³-hybridized carbons (Fsp3) is 0.211. The lowest BCUT2D eigenvalue weighted by molar-refractivity contribution is 0.0988. The van der Waals surface area contributed by atoms with Crippen molar-refractivity contribution in [2.75, 3.05) is 11.4 Å². The third kappa shape index (κ3) is 2.98. The smallest absolute Gasteiger partial charge is 0.316 e. The van der Waals surface area contributed by atoms with E-state index in [4.69, 9.17) is 0 Å². The lowest BCUT2D eigenvalue weighted by atomic mass is 10.1. The van der Waals surface area contributed by atoms with Gasteiger partial charge in [-0.3, -0.25) is 14.4 Å². The Morgan fingerprint density at radius 2 is 1.80 bits per heavy atom. The van der Waals surface area contributed by atoms with Gasteiger partial charge >= 0.3 is 11.1 Å². The number of fused-ring (bicyclic) bond motifs is 1. The molecule has 128 valence electrons. The second-order valence-electron chi connectivity index (χ2n) is 5.62. The van der Waals surface area contributed by atoms with E-state index in [9.17, 15) is 14.4 Å². The van der Waals surface area contributed by atoms with Crippen molar-refractivity contribution in [1.82, 2.24) is 9.55 Å². The third-order valence-electron chi connectivity index (χ3n) is 4.17. The number of aryl methyl sites for hydroxylation is 1. The first-order chi connectivity index (χ1) is 12.1. The quantitative estimate of drug-likeness (QED) is 0.743. The van der Waals surface area contributed by atoms with Gasteiger partial charge in [-0.05, 0) is 44.2 Å². The highest BCUT2D eigenvalue weighted by Crippen LogP contribution is 2.18. The molecule has 0 unspecified atom stereocenters. The fourth-order valence-electron chi connectivity index (χ4n) is 2.93. The Morgan fingerprint density at radius 3 is 2.44 bits per heavy atom. The largest absolute Gasteiger partial charge is 0.316 e. The van der Waals surface area contributed by atoms with Crippen LogP contribution in [0.2, 0.25) is 0 Å². The second-order valence-corrected chi connectivity index (χ2v) is 5.62. The maximum absolute atomic E-state index is 12.9. The summed E-state index contributed by atoms with van der Waals surface area (Å²) in [7, 11) is 0. The molecule has 0 aliphatic heterocycles. The predicted octanol–water partition coefficient (Wildman–Crippen LogP) is 2.38. The average molecular weight is 337 g/mol. The van der Waals surface area contributed by atoms with E-state index in [1.54, 1.807) is 30.0 Å². The van der Waals surface area contributed by atoms with E-state index in [2.05, 4.69) is 4.98 Å². The normalized spacial score (nSPS) is 10.8. The van der Waals surface area contributed by atoms with Crippen molar-refractivity contribution in [2.45, 2.75) is 20.4 Å². The Balaban J connectivity index is 2.10. The average Bonchev–Trinajstić information content (AvgIpc) is 2.64. The van der Waals surface area contributed by atoms with Gasteiger partial charge in [0.2, 0.25) is 0 Å². The molecule has 25 heavy (non-hydrogen) atoms. The van der Waals surface area contributed by atoms with Crippen molar-refractivity contribution in [1.29, 1.82) is 0 Å². The van der Waals surface area contributed by atoms with E-state index in [0.29, 0.717) is 29.7 Å². The van der Waals surface area contributed by atoms with Crippen LogP contribution >= 0.6 is 0 Å². The number of nitrogens with one attached hydrogen (secondary N) is 1. The number of para-hydroxylation sites is 1. The SMILES string of the molecule is CCN(C(=O)c1ccc2c(c1)[nH]c(=O)c(=O)n2CC)c1ccccc1. The number of carbonyl (C=O) groups excluding carboxylic acids is 1. The van der Waals surface area contributed by atoms with Gasteiger partial charge in [0.15, 0.2) is 0 Å². The number of benzene rings is 2. The Kier molecular flexibility index (Phi) is 4.52. The van der Waals surface area contributed by atoms with Crippen LogP contribution in [-0.2, 0) is 6.54 Å². The molecule has 3 aromatic rings. The van der Waals surface area contributed by atoms with Gasteiger partial charge in [-0.1, -0.05) is 18.2 Å². The van der Waals surface area contributed by atoms with Gasteiger partial charge in [0.25, 0.3) is 5.91 Å². The van der Waals surface area contributed by atoms with Crippen molar-refractivity contribution < 1.29 is 4.79 Å². The number of anilines is 1. The third-order valence-corrected chi connectivity index (χ3v) is 4.17. The molecule has 1 heterocycles. The molecule has 6 nitrogen and oxygen atoms in total. The van der Waals surface area contributed by atoms with E-state index in [1.165, 1.54) is 4.57 Å². The molecule has 0 bridgehead atoms. The molecular weight excluding hydrogens is 318 g/mol. The van der Waals surface area contributed by atoms with Crippen LogP contribution in [0.3, 0.4) is 0 Å². The Hall–Kier alpha value is -3.15. The van der Waals surface area contributed by atoms with Crippen molar-refractivity contribution in [3.8, 4) is 0 Å². The first-order valence-electron chi connectivity index (χ1n) is 8.20. The van der Waals surface area contributed by atoms with E-state index < -0.39 is 11.1 Å². The second kappa shape index (κ2) is 6.76. The van der Waals surface area contributed by atoms with Gasteiger partial charge in [0.05, 0.1) is 11.0 Å². The molecule has 1 amide bonds. The summed E-state index contributed by atoms with van der Waals surface area (Å²) < 4.78 is 1.40. The first-order valence-corrected chi connectivity index (χ1v) is 8.20. The highest BCUT2D eigenvalue weighted by atomic mass is 16.2. The molecule has 0 aliphatic carbocycles. The number of hydrogen-bond acceptors (Lipinski definition) is 3. The molecule has 1 N–H and O–H groups in total. The van der Waals surface area contributed by atoms with Crippen LogP contribution in [0.4, 0.5) is 5.69 Å². The van der Waals surface area contributed by atoms with Crippen LogP contribution in [0.15, 0.2) is 58.1 Å². The zero-order valence-electron chi connectivity index (χ0n) is 14.2. The number of amides is 1. The molecule has 0 aliphatic rings. The minimum Gasteiger partial charge on any atom is -0.316 e. The molecule has 0 saturated carbocycles. The molecule has 6 heteroatoms. The predicted molar refractivity (Wildman–Crippen MR) is 98.3 cm³/mol. The number of rotatable bonds is 4. The minimum absolute atomic E-state index is 0.161. The van der Waals surface area contributed by atoms with Gasteiger partial charge in [-0.2, -0.15) is 0 Å². The maximum atomic E-state index is 12.9. The first kappa shape index (κ1) is 16.7. The van der Waals surface area contributed by atoms with E-state index in [0.717, 1.165) is 5.69 Å². The topological polar surface area (TPSA) is 75.2 Å². The Morgan fingerprint density at radius 1 is 1.08 bits per heavy atom. The molecule has 2 aromatic carbocycles. The fourth-order valence-corrected chi connectivity index (χ4v) is 2.93. The zero-order chi connectivity index (χ0) is 18.0. The number of nitrogens with zero attached hydrogens (tertiary/aromatic N) is 2. The maximum Gasteiger partial charge on any atom is 0.316 e. The summed E-state index contributed by atoms with van der Waals surface area (Å²) in [5, 5.41) is 0. The summed E-state index contributed by atoms with van der Waals surface area (Å²) in [6.45, 7) is 4.61. The highest BCUT2D eigenvalue weighted by molar-refractivity contribution is 6.07. The molecule has 0 saturated heterocycles. The molecule has 0 radical (unpaired) electrons. The number of carbonyl (C=O) groups is 1. The minimum atomic E-state index is -0.686. The van der Waals surface area contributed by atoms with Crippen molar-refractivity contribution >= 4 is 22.6 Å². The summed E-state index contributed by atoms with van der Waals surface area (Å²) in [5.74, 6) is -0.161. The van der Waals surface area contributed by atoms with Crippen molar-refractivity contribution in [3.05, 3.63) is 74.8 Å². The van der Waals surface area contributed by atoms with Crippen LogP contribution in [0.5, 0.6) is 0 Å². The summed E-state index contributed by atoms with van der Waals surface area (Å²) in [4.78, 5) is 40.9. The molecule has 0 atom stereocenters. The van der Waals surface area contributed by atoms with Crippen molar-refractivity contribution in [2.24, 2.45) is 0 Å². The van der Waals surface area contributed by atoms with Gasteiger partial charge in [-0.25, -0.2) is 0 Å². The highest BCUT2D eigenvalue weighted by Gasteiger charge is 2.17. The van der Waals surface area contributed by atoms with Crippen LogP contribution in [-0.4, -0.2) is 22.0 Å². The summed E-state index contributed by atoms with van der Waals surface area (Å²) in [6, 6.07) is 14.4. The lowest BCUT2D eigenvalue weighted by Crippen LogP contribution is -2.36. The van der Waals surface area contributed by atoms with E-state index in [1.807, 2.05) is 37.3 Å². The van der Waals surface area contributed by atoms with Gasteiger partial charge in [-0.15, -0.1) is 0 Å². The summed E-state index contributed by atoms with van der Waals surface area (Å²) >= 11 is 0. The molecular formula is C19H19N3O3. The molecule has 0 spiro atoms. The lowest BCUT2D eigenvalue weighted by Gasteiger charge is -2.21. The van der Waals surface area contributed by atoms with Crippen molar-refractivity contribution in [3.63, 3.8) is 0 Å². The number of H-pyrrole nitrogens is 1. The molecule has 0 fully saturated rings. The van der Waals surface area contributed by atoms with E-state index in [-0.39, 0.29) is 5.91 Å². The molecule has 3 rings (SSSR count). The Bertz CT molecular complexity index is 1040.